The summed E-state index contributed by atoms with van der Waals surface area (Å²) in [6.45, 7) is 0. The molecule has 0 heteroatoms. The Morgan fingerprint density at radius 2 is 0.885 bits per heavy atom. The van der Waals surface area contributed by atoms with Gasteiger partial charge in [0.05, 0.1) is 0 Å². The molecule has 0 heterocycles. The van der Waals surface area contributed by atoms with Gasteiger partial charge in [-0.15, -0.1) is 0 Å². The average molecular weight is 659 g/mol. The standard InChI is InChI=1S/C52H34/c1-3-12-32(13-4-1)48-41-25-24-36(37-26-27-40-45-29-35-17-8-7-16-34(35)28-44(45)39-21-11-20-38(37)50(39)40)30-46(41)49(33-14-5-2-6-15-33)52-43-23-10-19-31-18-9-22-42(47(31)43)51(48)52/h1-31,38,47,50H. The molecular formula is C52H34. The summed E-state index contributed by atoms with van der Waals surface area (Å²) in [6.07, 6.45) is 26.1. The summed E-state index contributed by atoms with van der Waals surface area (Å²) in [5.74, 6) is 1.33. The Labute approximate surface area is 304 Å². The van der Waals surface area contributed by atoms with Crippen LogP contribution in [0.1, 0.15) is 27.8 Å². The molecule has 0 radical (unpaired) electrons. The molecule has 0 bridgehead atoms. The molecule has 0 aliphatic heterocycles. The number of allylic oxidation sites excluding steroid dienone is 16. The van der Waals surface area contributed by atoms with E-state index in [9.17, 15) is 0 Å². The van der Waals surface area contributed by atoms with Crippen LogP contribution in [0.4, 0.5) is 0 Å². The lowest BCUT2D eigenvalue weighted by Gasteiger charge is -2.32. The number of rotatable bonds is 3. The maximum atomic E-state index is 2.53. The molecule has 4 unspecified atom stereocenters. The van der Waals surface area contributed by atoms with E-state index in [-0.39, 0.29) is 5.92 Å². The van der Waals surface area contributed by atoms with E-state index in [1.807, 2.05) is 0 Å². The zero-order valence-corrected chi connectivity index (χ0v) is 28.6. The monoisotopic (exact) mass is 658 g/mol. The van der Waals surface area contributed by atoms with Crippen molar-refractivity contribution in [3.05, 3.63) is 210 Å². The Kier molecular flexibility index (Phi) is 5.82. The van der Waals surface area contributed by atoms with Gasteiger partial charge < -0.3 is 0 Å². The van der Waals surface area contributed by atoms with Gasteiger partial charge in [-0.1, -0.05) is 164 Å². The molecular weight excluding hydrogens is 625 g/mol. The van der Waals surface area contributed by atoms with Gasteiger partial charge in [-0.05, 0) is 118 Å². The van der Waals surface area contributed by atoms with Crippen LogP contribution in [-0.2, 0) is 0 Å². The van der Waals surface area contributed by atoms with Crippen molar-refractivity contribution in [3.63, 3.8) is 0 Å². The predicted octanol–water partition coefficient (Wildman–Crippen LogP) is 13.2. The number of hydrogen-bond donors (Lipinski definition) is 0. The fourth-order valence-electron chi connectivity index (χ4n) is 10.4. The van der Waals surface area contributed by atoms with E-state index in [1.165, 1.54) is 99.5 Å². The summed E-state index contributed by atoms with van der Waals surface area (Å²) in [5, 5.41) is 5.27. The lowest BCUT2D eigenvalue weighted by molar-refractivity contribution is 0.707. The van der Waals surface area contributed by atoms with E-state index in [4.69, 9.17) is 0 Å². The van der Waals surface area contributed by atoms with Gasteiger partial charge >= 0.3 is 0 Å². The first-order chi connectivity index (χ1) is 25.8. The largest absolute Gasteiger partial charge is 0.0767 e. The van der Waals surface area contributed by atoms with Crippen LogP contribution in [0.25, 0.3) is 71.7 Å². The predicted molar refractivity (Wildman–Crippen MR) is 220 cm³/mol. The van der Waals surface area contributed by atoms with Gasteiger partial charge in [0, 0.05) is 23.7 Å². The third-order valence-electron chi connectivity index (χ3n) is 12.6. The van der Waals surface area contributed by atoms with Crippen LogP contribution in [0, 0.1) is 23.7 Å². The number of hydrogen-bond acceptors (Lipinski definition) is 0. The first-order valence-corrected chi connectivity index (χ1v) is 18.7. The second kappa shape index (κ2) is 10.6. The van der Waals surface area contributed by atoms with E-state index >= 15 is 0 Å². The second-order valence-electron chi connectivity index (χ2n) is 15.1. The zero-order chi connectivity index (χ0) is 33.9. The molecule has 0 nitrogen and oxygen atoms in total. The van der Waals surface area contributed by atoms with E-state index in [0.29, 0.717) is 17.8 Å². The fourth-order valence-corrected chi connectivity index (χ4v) is 10.4. The third kappa shape index (κ3) is 3.82. The molecule has 6 aliphatic rings. The minimum absolute atomic E-state index is 0.280. The van der Waals surface area contributed by atoms with Crippen LogP contribution < -0.4 is 0 Å². The van der Waals surface area contributed by atoms with Crippen molar-refractivity contribution in [2.45, 2.75) is 0 Å². The van der Waals surface area contributed by atoms with Gasteiger partial charge in [0.15, 0.2) is 0 Å². The summed E-state index contributed by atoms with van der Waals surface area (Å²) >= 11 is 0. The summed E-state index contributed by atoms with van der Waals surface area (Å²) < 4.78 is 0. The normalized spacial score (nSPS) is 22.6. The van der Waals surface area contributed by atoms with Crippen LogP contribution in [0.3, 0.4) is 0 Å². The van der Waals surface area contributed by atoms with Gasteiger partial charge in [0.25, 0.3) is 0 Å². The average Bonchev–Trinajstić information content (AvgIpc) is 3.70. The van der Waals surface area contributed by atoms with Gasteiger partial charge in [-0.25, -0.2) is 0 Å². The topological polar surface area (TPSA) is 0 Å². The first kappa shape index (κ1) is 28.5. The Balaban J connectivity index is 1.13. The lowest BCUT2D eigenvalue weighted by atomic mass is 9.71. The van der Waals surface area contributed by atoms with E-state index in [1.54, 1.807) is 0 Å². The van der Waals surface area contributed by atoms with Crippen molar-refractivity contribution in [2.75, 3.05) is 0 Å². The quantitative estimate of drug-likeness (QED) is 0.178. The Morgan fingerprint density at radius 3 is 1.54 bits per heavy atom. The van der Waals surface area contributed by atoms with Crippen molar-refractivity contribution in [2.24, 2.45) is 23.7 Å². The highest BCUT2D eigenvalue weighted by Gasteiger charge is 2.43. The Morgan fingerprint density at radius 1 is 0.346 bits per heavy atom. The highest BCUT2D eigenvalue weighted by Crippen LogP contribution is 2.61. The molecule has 0 saturated carbocycles. The molecule has 6 aliphatic carbocycles. The molecule has 0 fully saturated rings. The van der Waals surface area contributed by atoms with Gasteiger partial charge in [-0.2, -0.15) is 0 Å². The van der Waals surface area contributed by atoms with E-state index in [0.717, 1.165) is 0 Å². The maximum absolute atomic E-state index is 2.53. The highest BCUT2D eigenvalue weighted by atomic mass is 14.5. The van der Waals surface area contributed by atoms with Crippen molar-refractivity contribution >= 4 is 49.4 Å². The minimum Gasteiger partial charge on any atom is -0.0767 e. The summed E-state index contributed by atoms with van der Waals surface area (Å²) in [7, 11) is 0. The fraction of sp³-hybridized carbons (Fsp3) is 0.0769. The SMILES string of the molecule is C1=CC2C=CC=C3c4c(c(-c5ccccc5)c5ccc(C6=CC=C7c8cc9ccccc9cc8C8=CC=CC6C87)cc5c4-c4ccccc4)C(=C1)C32. The molecule has 4 atom stereocenters. The van der Waals surface area contributed by atoms with Crippen molar-refractivity contribution in [3.8, 4) is 22.3 Å². The molecule has 6 aromatic carbocycles. The molecule has 0 saturated heterocycles. The van der Waals surface area contributed by atoms with Crippen LogP contribution >= 0.6 is 0 Å². The van der Waals surface area contributed by atoms with Gasteiger partial charge in [0.2, 0.25) is 0 Å². The molecule has 0 N–H and O–H groups in total. The van der Waals surface area contributed by atoms with Crippen molar-refractivity contribution in [1.82, 2.24) is 0 Å². The van der Waals surface area contributed by atoms with Crippen LogP contribution in [0.5, 0.6) is 0 Å². The minimum atomic E-state index is 0.280. The summed E-state index contributed by atoms with van der Waals surface area (Å²) in [4.78, 5) is 0. The molecule has 12 rings (SSSR count). The van der Waals surface area contributed by atoms with Gasteiger partial charge in [-0.3, -0.25) is 0 Å². The molecule has 52 heavy (non-hydrogen) atoms. The first-order valence-electron chi connectivity index (χ1n) is 18.7. The summed E-state index contributed by atoms with van der Waals surface area (Å²) in [5.41, 5.74) is 19.4. The van der Waals surface area contributed by atoms with Crippen LogP contribution in [0.15, 0.2) is 182 Å². The lowest BCUT2D eigenvalue weighted by Crippen LogP contribution is -2.18. The summed E-state index contributed by atoms with van der Waals surface area (Å²) in [6, 6.07) is 43.3. The van der Waals surface area contributed by atoms with Crippen molar-refractivity contribution < 1.29 is 0 Å². The second-order valence-corrected chi connectivity index (χ2v) is 15.1. The maximum Gasteiger partial charge on any atom is 0.0205 e. The van der Waals surface area contributed by atoms with Gasteiger partial charge in [0.1, 0.15) is 0 Å². The molecule has 242 valence electrons. The number of fused-ring (bicyclic) bond motifs is 8. The molecule has 0 aromatic heterocycles. The van der Waals surface area contributed by atoms with E-state index in [2.05, 4.69) is 182 Å². The van der Waals surface area contributed by atoms with Crippen molar-refractivity contribution in [1.29, 1.82) is 0 Å². The smallest absolute Gasteiger partial charge is 0.0205 e. The highest BCUT2D eigenvalue weighted by molar-refractivity contribution is 6.19. The molecule has 0 spiro atoms. The molecule has 0 amide bonds. The Hall–Kier alpha value is -6.24. The Bertz CT molecular complexity index is 2830. The van der Waals surface area contributed by atoms with Crippen LogP contribution in [0.2, 0.25) is 0 Å². The molecule has 6 aromatic rings. The third-order valence-corrected chi connectivity index (χ3v) is 12.6. The number of benzene rings is 6. The van der Waals surface area contributed by atoms with E-state index < -0.39 is 0 Å². The van der Waals surface area contributed by atoms with Crippen LogP contribution in [-0.4, -0.2) is 0 Å². The zero-order valence-electron chi connectivity index (χ0n) is 28.6.